The van der Waals surface area contributed by atoms with E-state index in [2.05, 4.69) is 6.92 Å². The van der Waals surface area contributed by atoms with Gasteiger partial charge in [-0.25, -0.2) is 0 Å². The number of ether oxygens (including phenoxy) is 2. The van der Waals surface area contributed by atoms with E-state index in [-0.39, 0.29) is 12.5 Å². The van der Waals surface area contributed by atoms with Gasteiger partial charge in [0.15, 0.2) is 11.5 Å². The van der Waals surface area contributed by atoms with Gasteiger partial charge in [-0.05, 0) is 13.0 Å². The molecule has 1 aromatic carbocycles. The number of nitro benzene ring substituents is 1. The first kappa shape index (κ1) is 7.85. The Hall–Kier alpha value is -1.78. The van der Waals surface area contributed by atoms with Crippen LogP contribution < -0.4 is 9.47 Å². The molecule has 0 aromatic heterocycles. The molecule has 1 heterocycles. The average Bonchev–Trinajstić information content (AvgIpc) is 2.48. The second-order valence-corrected chi connectivity index (χ2v) is 2.59. The predicted molar refractivity (Wildman–Crippen MR) is 43.7 cm³/mol. The van der Waals surface area contributed by atoms with E-state index in [1.807, 2.05) is 0 Å². The van der Waals surface area contributed by atoms with Gasteiger partial charge >= 0.3 is 0 Å². The van der Waals surface area contributed by atoms with Crippen molar-refractivity contribution in [2.75, 3.05) is 6.79 Å². The van der Waals surface area contributed by atoms with Gasteiger partial charge in [0.1, 0.15) is 0 Å². The fourth-order valence-corrected chi connectivity index (χ4v) is 1.14. The lowest BCUT2D eigenvalue weighted by Crippen LogP contribution is -1.93. The molecule has 1 aliphatic rings. The van der Waals surface area contributed by atoms with Crippen LogP contribution in [0.3, 0.4) is 0 Å². The van der Waals surface area contributed by atoms with Crippen LogP contribution in [-0.4, -0.2) is 11.7 Å². The molecule has 0 spiro atoms. The third-order valence-corrected chi connectivity index (χ3v) is 1.77. The van der Waals surface area contributed by atoms with Crippen molar-refractivity contribution in [2.45, 2.75) is 0 Å². The van der Waals surface area contributed by atoms with Crippen LogP contribution in [-0.2, 0) is 0 Å². The molecule has 5 nitrogen and oxygen atoms in total. The van der Waals surface area contributed by atoms with Crippen LogP contribution in [0.4, 0.5) is 5.69 Å². The number of rotatable bonds is 1. The molecule has 0 fully saturated rings. The lowest BCUT2D eigenvalue weighted by Gasteiger charge is -1.98. The van der Waals surface area contributed by atoms with Crippen molar-refractivity contribution in [1.29, 1.82) is 0 Å². The monoisotopic (exact) mass is 180 g/mol. The Balaban J connectivity index is 2.55. The Bertz CT molecular complexity index is 375. The van der Waals surface area contributed by atoms with Crippen molar-refractivity contribution in [2.24, 2.45) is 0 Å². The molecule has 1 aromatic rings. The molecule has 0 aliphatic carbocycles. The maximum Gasteiger partial charge on any atom is 0.276 e. The van der Waals surface area contributed by atoms with Gasteiger partial charge in [-0.3, -0.25) is 10.1 Å². The summed E-state index contributed by atoms with van der Waals surface area (Å²) in [5.74, 6) is 0.912. The van der Waals surface area contributed by atoms with E-state index >= 15 is 0 Å². The Morgan fingerprint density at radius 2 is 2.00 bits per heavy atom. The van der Waals surface area contributed by atoms with Crippen molar-refractivity contribution < 1.29 is 14.4 Å². The van der Waals surface area contributed by atoms with Crippen LogP contribution >= 0.6 is 0 Å². The summed E-state index contributed by atoms with van der Waals surface area (Å²) >= 11 is 0. The minimum absolute atomic E-state index is 0.0516. The Morgan fingerprint density at radius 3 is 2.62 bits per heavy atom. The average molecular weight is 180 g/mol. The van der Waals surface area contributed by atoms with Gasteiger partial charge in [0.25, 0.3) is 5.69 Å². The SMILES string of the molecule is [CH2]c1cc2c(cc1[N+](=O)[O-])OCO2. The molecular weight excluding hydrogens is 174 g/mol. The highest BCUT2D eigenvalue weighted by atomic mass is 16.7. The Labute approximate surface area is 74.0 Å². The number of fused-ring (bicyclic) bond motifs is 1. The third-order valence-electron chi connectivity index (χ3n) is 1.77. The zero-order valence-electron chi connectivity index (χ0n) is 6.65. The van der Waals surface area contributed by atoms with Gasteiger partial charge < -0.3 is 9.47 Å². The van der Waals surface area contributed by atoms with E-state index in [9.17, 15) is 10.1 Å². The van der Waals surface area contributed by atoms with Crippen LogP contribution in [0.15, 0.2) is 12.1 Å². The highest BCUT2D eigenvalue weighted by Gasteiger charge is 2.20. The summed E-state index contributed by atoms with van der Waals surface area (Å²) in [5, 5.41) is 10.5. The molecule has 67 valence electrons. The second-order valence-electron chi connectivity index (χ2n) is 2.59. The molecule has 0 saturated heterocycles. The maximum atomic E-state index is 10.5. The molecule has 5 heteroatoms. The van der Waals surface area contributed by atoms with Gasteiger partial charge in [0.05, 0.1) is 11.0 Å². The molecule has 0 amide bonds. The van der Waals surface area contributed by atoms with Crippen LogP contribution in [0.25, 0.3) is 0 Å². The van der Waals surface area contributed by atoms with Crippen molar-refractivity contribution in [3.63, 3.8) is 0 Å². The highest BCUT2D eigenvalue weighted by molar-refractivity contribution is 5.56. The molecule has 1 aliphatic heterocycles. The van der Waals surface area contributed by atoms with Crippen molar-refractivity contribution in [1.82, 2.24) is 0 Å². The number of benzene rings is 1. The van der Waals surface area contributed by atoms with E-state index in [0.717, 1.165) is 0 Å². The van der Waals surface area contributed by atoms with Gasteiger partial charge in [-0.1, -0.05) is 0 Å². The van der Waals surface area contributed by atoms with Gasteiger partial charge in [-0.2, -0.15) is 0 Å². The van der Waals surface area contributed by atoms with Crippen LogP contribution in [0.1, 0.15) is 5.56 Å². The van der Waals surface area contributed by atoms with E-state index in [4.69, 9.17) is 9.47 Å². The first-order valence-corrected chi connectivity index (χ1v) is 3.58. The van der Waals surface area contributed by atoms with Crippen molar-refractivity contribution in [3.05, 3.63) is 34.7 Å². The fraction of sp³-hybridized carbons (Fsp3) is 0.125. The normalized spacial score (nSPS) is 13.0. The van der Waals surface area contributed by atoms with Crippen LogP contribution in [0.2, 0.25) is 0 Å². The maximum absolute atomic E-state index is 10.5. The van der Waals surface area contributed by atoms with E-state index in [1.165, 1.54) is 12.1 Å². The van der Waals surface area contributed by atoms with Crippen LogP contribution in [0.5, 0.6) is 11.5 Å². The van der Waals surface area contributed by atoms with Gasteiger partial charge in [0, 0.05) is 5.56 Å². The van der Waals surface area contributed by atoms with Gasteiger partial charge in [0.2, 0.25) is 6.79 Å². The minimum Gasteiger partial charge on any atom is -0.454 e. The van der Waals surface area contributed by atoms with Gasteiger partial charge in [-0.15, -0.1) is 0 Å². The number of nitrogens with zero attached hydrogens (tertiary/aromatic N) is 1. The third kappa shape index (κ3) is 1.18. The fourth-order valence-electron chi connectivity index (χ4n) is 1.14. The van der Waals surface area contributed by atoms with E-state index < -0.39 is 4.92 Å². The zero-order valence-corrected chi connectivity index (χ0v) is 6.65. The van der Waals surface area contributed by atoms with E-state index in [1.54, 1.807) is 0 Å². The predicted octanol–water partition coefficient (Wildman–Crippen LogP) is 1.51. The topological polar surface area (TPSA) is 61.6 Å². The van der Waals surface area contributed by atoms with E-state index in [0.29, 0.717) is 17.1 Å². The molecule has 2 rings (SSSR count). The minimum atomic E-state index is -0.496. The summed E-state index contributed by atoms with van der Waals surface area (Å²) in [4.78, 5) is 10.00. The number of hydrogen-bond acceptors (Lipinski definition) is 4. The Kier molecular flexibility index (Phi) is 1.58. The largest absolute Gasteiger partial charge is 0.454 e. The molecule has 0 N–H and O–H groups in total. The highest BCUT2D eigenvalue weighted by Crippen LogP contribution is 2.37. The number of hydrogen-bond donors (Lipinski definition) is 0. The molecule has 13 heavy (non-hydrogen) atoms. The first-order valence-electron chi connectivity index (χ1n) is 3.58. The summed E-state index contributed by atoms with van der Waals surface area (Å²) in [5.41, 5.74) is 0.276. The lowest BCUT2D eigenvalue weighted by molar-refractivity contribution is -0.385. The van der Waals surface area contributed by atoms with Crippen LogP contribution in [0, 0.1) is 17.0 Å². The summed E-state index contributed by atoms with van der Waals surface area (Å²) < 4.78 is 10.0. The summed E-state index contributed by atoms with van der Waals surface area (Å²) in [6.45, 7) is 3.65. The summed E-state index contributed by atoms with van der Waals surface area (Å²) in [6.07, 6.45) is 0. The quantitative estimate of drug-likeness (QED) is 0.485. The summed E-state index contributed by atoms with van der Waals surface area (Å²) in [7, 11) is 0. The smallest absolute Gasteiger partial charge is 0.276 e. The molecule has 0 saturated carbocycles. The molecule has 0 atom stereocenters. The molecule has 0 unspecified atom stereocenters. The zero-order chi connectivity index (χ0) is 9.42. The molecule has 1 radical (unpaired) electrons. The van der Waals surface area contributed by atoms with Crippen molar-refractivity contribution in [3.8, 4) is 11.5 Å². The standard InChI is InChI=1S/C8H6NO4/c1-5-2-7-8(13-4-12-7)3-6(5)9(10)11/h2-3H,1,4H2. The first-order chi connectivity index (χ1) is 6.18. The lowest BCUT2D eigenvalue weighted by atomic mass is 10.2. The number of nitro groups is 1. The molecular formula is C8H6NO4. The second kappa shape index (κ2) is 2.62. The Morgan fingerprint density at radius 1 is 1.38 bits per heavy atom. The summed E-state index contributed by atoms with van der Waals surface area (Å²) in [6, 6.07) is 2.82. The molecule has 0 bridgehead atoms. The van der Waals surface area contributed by atoms with Crippen molar-refractivity contribution >= 4 is 5.69 Å².